The largest absolute Gasteiger partial charge is 0.398 e. The average molecular weight is 241 g/mol. The van der Waals surface area contributed by atoms with Crippen LogP contribution < -0.4 is 5.73 Å². The van der Waals surface area contributed by atoms with Gasteiger partial charge in [-0.25, -0.2) is 8.42 Å². The van der Waals surface area contributed by atoms with E-state index in [9.17, 15) is 13.2 Å². The maximum Gasteiger partial charge on any atom is 0.159 e. The monoisotopic (exact) mass is 241 g/mol. The van der Waals surface area contributed by atoms with Crippen molar-refractivity contribution >= 4 is 21.3 Å². The molecule has 16 heavy (non-hydrogen) atoms. The number of ketones is 1. The predicted molar refractivity (Wildman–Crippen MR) is 64.1 cm³/mol. The lowest BCUT2D eigenvalue weighted by Gasteiger charge is -2.09. The quantitative estimate of drug-likeness (QED) is 0.639. The molecule has 5 heteroatoms. The second kappa shape index (κ2) is 4.25. The summed E-state index contributed by atoms with van der Waals surface area (Å²) < 4.78 is 22.4. The lowest BCUT2D eigenvalue weighted by molar-refractivity contribution is 0.101. The summed E-state index contributed by atoms with van der Waals surface area (Å²) >= 11 is 0. The predicted octanol–water partition coefficient (Wildman–Crippen LogP) is 1.32. The van der Waals surface area contributed by atoms with E-state index in [4.69, 9.17) is 5.73 Å². The fourth-order valence-corrected chi connectivity index (χ4v) is 2.28. The van der Waals surface area contributed by atoms with Crippen LogP contribution in [0.4, 0.5) is 5.69 Å². The summed E-state index contributed by atoms with van der Waals surface area (Å²) in [6.45, 7) is 3.20. The summed E-state index contributed by atoms with van der Waals surface area (Å²) in [5, 5.41) is 0. The Balaban J connectivity index is 3.33. The van der Waals surface area contributed by atoms with Gasteiger partial charge in [-0.05, 0) is 37.1 Å². The number of anilines is 1. The lowest BCUT2D eigenvalue weighted by Crippen LogP contribution is -2.07. The van der Waals surface area contributed by atoms with Crippen molar-refractivity contribution in [2.75, 3.05) is 12.0 Å². The Bertz CT molecular complexity index is 532. The van der Waals surface area contributed by atoms with Gasteiger partial charge in [0.25, 0.3) is 0 Å². The second-order valence-corrected chi connectivity index (χ2v) is 6.13. The van der Waals surface area contributed by atoms with E-state index in [-0.39, 0.29) is 11.5 Å². The molecule has 0 spiro atoms. The molecule has 0 fully saturated rings. The summed E-state index contributed by atoms with van der Waals surface area (Å²) in [6.07, 6.45) is 1.14. The van der Waals surface area contributed by atoms with Crippen molar-refractivity contribution in [2.45, 2.75) is 19.6 Å². The number of aryl methyl sites for hydroxylation is 1. The highest BCUT2D eigenvalue weighted by Gasteiger charge is 2.12. The van der Waals surface area contributed by atoms with Gasteiger partial charge in [-0.3, -0.25) is 4.79 Å². The molecule has 0 aliphatic carbocycles. The highest BCUT2D eigenvalue weighted by Crippen LogP contribution is 2.21. The molecule has 0 saturated heterocycles. The maximum atomic E-state index is 11.2. The Hall–Kier alpha value is -1.36. The van der Waals surface area contributed by atoms with Gasteiger partial charge in [-0.15, -0.1) is 0 Å². The third kappa shape index (κ3) is 3.06. The molecule has 2 N–H and O–H groups in total. The molecule has 0 unspecified atom stereocenters. The van der Waals surface area contributed by atoms with Crippen LogP contribution >= 0.6 is 0 Å². The smallest absolute Gasteiger partial charge is 0.159 e. The number of hydrogen-bond donors (Lipinski definition) is 1. The van der Waals surface area contributed by atoms with Crippen molar-refractivity contribution in [3.8, 4) is 0 Å². The third-order valence-electron chi connectivity index (χ3n) is 2.30. The Labute approximate surface area is 95.4 Å². The van der Waals surface area contributed by atoms with Crippen molar-refractivity contribution in [3.63, 3.8) is 0 Å². The minimum absolute atomic E-state index is 0.0992. The molecule has 0 aliphatic rings. The zero-order valence-corrected chi connectivity index (χ0v) is 10.4. The molecule has 0 aromatic heterocycles. The van der Waals surface area contributed by atoms with Crippen LogP contribution in [-0.4, -0.2) is 20.5 Å². The summed E-state index contributed by atoms with van der Waals surface area (Å²) in [6, 6.07) is 3.22. The Morgan fingerprint density at radius 2 is 1.94 bits per heavy atom. The van der Waals surface area contributed by atoms with Gasteiger partial charge in [-0.2, -0.15) is 0 Å². The molecule has 1 aromatic carbocycles. The zero-order chi connectivity index (χ0) is 12.5. The Morgan fingerprint density at radius 3 is 2.38 bits per heavy atom. The van der Waals surface area contributed by atoms with E-state index >= 15 is 0 Å². The molecule has 0 saturated carbocycles. The fraction of sp³-hybridized carbons (Fsp3) is 0.364. The first-order chi connectivity index (χ1) is 7.20. The third-order valence-corrected chi connectivity index (χ3v) is 3.13. The van der Waals surface area contributed by atoms with Crippen LogP contribution in [0.25, 0.3) is 0 Å². The van der Waals surface area contributed by atoms with Crippen molar-refractivity contribution in [2.24, 2.45) is 0 Å². The molecular formula is C11H15NO3S. The highest BCUT2D eigenvalue weighted by molar-refractivity contribution is 7.89. The van der Waals surface area contributed by atoms with Crippen molar-refractivity contribution in [1.29, 1.82) is 0 Å². The summed E-state index contributed by atoms with van der Waals surface area (Å²) in [4.78, 5) is 11.2. The average Bonchev–Trinajstić information content (AvgIpc) is 2.10. The first-order valence-corrected chi connectivity index (χ1v) is 6.84. The number of Topliss-reactive ketones (excluding diaryl/α,β-unsaturated/α-hetero) is 1. The summed E-state index contributed by atoms with van der Waals surface area (Å²) in [5.74, 6) is -0.237. The number of rotatable bonds is 3. The first-order valence-electron chi connectivity index (χ1n) is 4.78. The molecule has 0 aliphatic heterocycles. The molecule has 88 valence electrons. The van der Waals surface area contributed by atoms with Gasteiger partial charge in [0.15, 0.2) is 15.6 Å². The Kier molecular flexibility index (Phi) is 3.38. The standard InChI is InChI=1S/C11H15NO3S/c1-7-4-9(8(2)13)5-10(11(7)12)6-16(3,14)15/h4-5H,6,12H2,1-3H3. The van der Waals surface area contributed by atoms with Gasteiger partial charge in [-0.1, -0.05) is 0 Å². The van der Waals surface area contributed by atoms with Crippen LogP contribution in [-0.2, 0) is 15.6 Å². The van der Waals surface area contributed by atoms with E-state index in [1.807, 2.05) is 0 Å². The van der Waals surface area contributed by atoms with E-state index in [0.29, 0.717) is 16.8 Å². The minimum atomic E-state index is -3.15. The van der Waals surface area contributed by atoms with Crippen molar-refractivity contribution < 1.29 is 13.2 Å². The van der Waals surface area contributed by atoms with E-state index in [2.05, 4.69) is 0 Å². The zero-order valence-electron chi connectivity index (χ0n) is 9.57. The molecular weight excluding hydrogens is 226 g/mol. The Morgan fingerprint density at radius 1 is 1.38 bits per heavy atom. The number of nitrogens with two attached hydrogens (primary N) is 1. The number of carbonyl (C=O) groups is 1. The van der Waals surface area contributed by atoms with Gasteiger partial charge in [0.2, 0.25) is 0 Å². The van der Waals surface area contributed by atoms with Crippen LogP contribution in [0.3, 0.4) is 0 Å². The van der Waals surface area contributed by atoms with Crippen LogP contribution in [0.15, 0.2) is 12.1 Å². The molecule has 0 atom stereocenters. The number of benzene rings is 1. The summed E-state index contributed by atoms with van der Waals surface area (Å²) in [7, 11) is -3.15. The number of carbonyl (C=O) groups excluding carboxylic acids is 1. The normalized spacial score (nSPS) is 11.4. The number of hydrogen-bond acceptors (Lipinski definition) is 4. The highest BCUT2D eigenvalue weighted by atomic mass is 32.2. The van der Waals surface area contributed by atoms with E-state index in [1.54, 1.807) is 19.1 Å². The molecule has 1 aromatic rings. The van der Waals surface area contributed by atoms with Gasteiger partial charge < -0.3 is 5.73 Å². The van der Waals surface area contributed by atoms with E-state index in [1.165, 1.54) is 6.92 Å². The molecule has 0 heterocycles. The van der Waals surface area contributed by atoms with Gasteiger partial charge >= 0.3 is 0 Å². The van der Waals surface area contributed by atoms with Crippen molar-refractivity contribution in [3.05, 3.63) is 28.8 Å². The van der Waals surface area contributed by atoms with Gasteiger partial charge in [0, 0.05) is 17.5 Å². The van der Waals surface area contributed by atoms with Crippen LogP contribution in [0.2, 0.25) is 0 Å². The van der Waals surface area contributed by atoms with E-state index in [0.717, 1.165) is 11.8 Å². The van der Waals surface area contributed by atoms with Crippen molar-refractivity contribution in [1.82, 2.24) is 0 Å². The maximum absolute atomic E-state index is 11.2. The molecule has 1 rings (SSSR count). The molecule has 0 radical (unpaired) electrons. The van der Waals surface area contributed by atoms with Gasteiger partial charge in [0.05, 0.1) is 5.75 Å². The number of sulfone groups is 1. The van der Waals surface area contributed by atoms with E-state index < -0.39 is 9.84 Å². The first kappa shape index (κ1) is 12.7. The second-order valence-electron chi connectivity index (χ2n) is 3.99. The topological polar surface area (TPSA) is 77.2 Å². The van der Waals surface area contributed by atoms with Gasteiger partial charge in [0.1, 0.15) is 0 Å². The fourth-order valence-electron chi connectivity index (χ4n) is 1.48. The SMILES string of the molecule is CC(=O)c1cc(C)c(N)c(CS(C)(=O)=O)c1. The molecule has 0 bridgehead atoms. The molecule has 4 nitrogen and oxygen atoms in total. The minimum Gasteiger partial charge on any atom is -0.398 e. The van der Waals surface area contributed by atoms with Crippen LogP contribution in [0.5, 0.6) is 0 Å². The summed E-state index contributed by atoms with van der Waals surface area (Å²) in [5.41, 5.74) is 7.94. The molecule has 0 amide bonds. The van der Waals surface area contributed by atoms with Crippen LogP contribution in [0, 0.1) is 6.92 Å². The van der Waals surface area contributed by atoms with Crippen LogP contribution in [0.1, 0.15) is 28.4 Å². The lowest BCUT2D eigenvalue weighted by atomic mass is 10.0. The number of nitrogen functional groups attached to an aromatic ring is 1.